The topological polar surface area (TPSA) is 74.5 Å². The lowest BCUT2D eigenvalue weighted by Gasteiger charge is -2.38. The average Bonchev–Trinajstić information content (AvgIpc) is 3.10. The molecule has 0 aromatic carbocycles. The number of urea groups is 1. The fraction of sp³-hybridized carbons (Fsp3) is 0.500. The Bertz CT molecular complexity index is 827. The number of nitrogens with zero attached hydrogens (tertiary/aromatic N) is 4. The van der Waals surface area contributed by atoms with E-state index in [2.05, 4.69) is 15.5 Å². The molecule has 0 bridgehead atoms. The Morgan fingerprint density at radius 2 is 1.89 bits per heavy atom. The Morgan fingerprint density at radius 3 is 2.46 bits per heavy atom. The first-order valence-corrected chi connectivity index (χ1v) is 8.92. The van der Waals surface area contributed by atoms with Crippen molar-refractivity contribution < 1.29 is 22.5 Å². The largest absolute Gasteiger partial charge is 0.417 e. The summed E-state index contributed by atoms with van der Waals surface area (Å²) in [6.45, 7) is 6.77. The molecule has 7 nitrogen and oxygen atoms in total. The number of hydrazine groups is 1. The number of carbonyl (C=O) groups excluding carboxylic acids is 1. The Hall–Kier alpha value is -2.78. The number of amides is 2. The molecule has 28 heavy (non-hydrogen) atoms. The third-order valence-corrected chi connectivity index (χ3v) is 4.34. The molecule has 3 heterocycles. The van der Waals surface area contributed by atoms with E-state index in [0.717, 1.165) is 25.1 Å². The van der Waals surface area contributed by atoms with Gasteiger partial charge in [0.2, 0.25) is 0 Å². The molecule has 1 saturated heterocycles. The Morgan fingerprint density at radius 1 is 1.18 bits per heavy atom. The van der Waals surface area contributed by atoms with Gasteiger partial charge in [0.15, 0.2) is 5.82 Å². The first kappa shape index (κ1) is 20.0. The lowest BCUT2D eigenvalue weighted by Crippen LogP contribution is -2.52. The van der Waals surface area contributed by atoms with E-state index in [0.29, 0.717) is 18.8 Å². The van der Waals surface area contributed by atoms with Crippen molar-refractivity contribution in [3.05, 3.63) is 35.7 Å². The maximum atomic E-state index is 12.8. The molecule has 1 fully saturated rings. The summed E-state index contributed by atoms with van der Waals surface area (Å²) in [6.07, 6.45) is -2.11. The number of pyridine rings is 1. The third kappa shape index (κ3) is 4.37. The van der Waals surface area contributed by atoms with Gasteiger partial charge in [0.05, 0.1) is 5.56 Å². The molecule has 2 amide bonds. The Kier molecular flexibility index (Phi) is 5.22. The molecule has 152 valence electrons. The standard InChI is InChI=1S/C18H22F3N5O2/c1-17(2,3)13-10-14(24-28-13)23-16(27)26-9-5-4-8-25(26)15-7-6-12(11-22-15)18(19,20)21/h6-7,10-11H,4-5,8-9H2,1-3H3,(H,23,24,27). The Labute approximate surface area is 160 Å². The van der Waals surface area contributed by atoms with E-state index in [9.17, 15) is 18.0 Å². The number of halogens is 3. The maximum absolute atomic E-state index is 12.8. The van der Waals surface area contributed by atoms with Crippen molar-refractivity contribution in [3.8, 4) is 0 Å². The molecule has 0 unspecified atom stereocenters. The molecule has 0 radical (unpaired) electrons. The summed E-state index contributed by atoms with van der Waals surface area (Å²) in [6, 6.07) is 3.43. The number of aromatic nitrogens is 2. The van der Waals surface area contributed by atoms with E-state index in [-0.39, 0.29) is 17.1 Å². The zero-order valence-corrected chi connectivity index (χ0v) is 15.9. The summed E-state index contributed by atoms with van der Waals surface area (Å²) in [5.41, 5.74) is -1.08. The van der Waals surface area contributed by atoms with Crippen molar-refractivity contribution in [1.82, 2.24) is 15.1 Å². The average molecular weight is 397 g/mol. The predicted octanol–water partition coefficient (Wildman–Crippen LogP) is 4.44. The van der Waals surface area contributed by atoms with E-state index in [1.54, 1.807) is 11.1 Å². The predicted molar refractivity (Wildman–Crippen MR) is 96.7 cm³/mol. The smallest absolute Gasteiger partial charge is 0.359 e. The molecular weight excluding hydrogens is 375 g/mol. The van der Waals surface area contributed by atoms with Crippen molar-refractivity contribution >= 4 is 17.7 Å². The molecule has 1 aliphatic rings. The van der Waals surface area contributed by atoms with Gasteiger partial charge in [-0.1, -0.05) is 25.9 Å². The van der Waals surface area contributed by atoms with Crippen LogP contribution in [0.4, 0.5) is 29.6 Å². The summed E-state index contributed by atoms with van der Waals surface area (Å²) in [4.78, 5) is 16.6. The molecule has 1 aliphatic heterocycles. The van der Waals surface area contributed by atoms with Crippen LogP contribution in [0.1, 0.15) is 44.9 Å². The zero-order chi connectivity index (χ0) is 20.5. The van der Waals surface area contributed by atoms with Crippen LogP contribution in [-0.4, -0.2) is 34.3 Å². The van der Waals surface area contributed by atoms with Crippen LogP contribution in [0.2, 0.25) is 0 Å². The van der Waals surface area contributed by atoms with Crippen LogP contribution < -0.4 is 10.3 Å². The van der Waals surface area contributed by atoms with Gasteiger partial charge in [0, 0.05) is 30.8 Å². The highest BCUT2D eigenvalue weighted by Crippen LogP contribution is 2.30. The molecule has 2 aromatic heterocycles. The monoisotopic (exact) mass is 397 g/mol. The van der Waals surface area contributed by atoms with Crippen molar-refractivity contribution in [1.29, 1.82) is 0 Å². The number of hydrogen-bond acceptors (Lipinski definition) is 5. The Balaban J connectivity index is 1.75. The van der Waals surface area contributed by atoms with Crippen LogP contribution in [0.25, 0.3) is 0 Å². The summed E-state index contributed by atoms with van der Waals surface area (Å²) in [5.74, 6) is 1.18. The van der Waals surface area contributed by atoms with Crippen molar-refractivity contribution in [2.24, 2.45) is 0 Å². The molecular formula is C18H22F3N5O2. The number of anilines is 2. The molecule has 3 rings (SSSR count). The third-order valence-electron chi connectivity index (χ3n) is 4.34. The van der Waals surface area contributed by atoms with Crippen LogP contribution in [0.5, 0.6) is 0 Å². The lowest BCUT2D eigenvalue weighted by atomic mass is 9.93. The normalized spacial score (nSPS) is 15.6. The van der Waals surface area contributed by atoms with Crippen LogP contribution in [-0.2, 0) is 11.6 Å². The fourth-order valence-corrected chi connectivity index (χ4v) is 2.78. The van der Waals surface area contributed by atoms with Gasteiger partial charge < -0.3 is 4.52 Å². The summed E-state index contributed by atoms with van der Waals surface area (Å²) >= 11 is 0. The van der Waals surface area contributed by atoms with Crippen molar-refractivity contribution in [3.63, 3.8) is 0 Å². The molecule has 0 aliphatic carbocycles. The van der Waals surface area contributed by atoms with Crippen LogP contribution in [0.15, 0.2) is 28.9 Å². The highest BCUT2D eigenvalue weighted by molar-refractivity contribution is 5.89. The highest BCUT2D eigenvalue weighted by Gasteiger charge is 2.32. The number of alkyl halides is 3. The van der Waals surface area contributed by atoms with E-state index in [4.69, 9.17) is 4.52 Å². The van der Waals surface area contributed by atoms with Crippen LogP contribution in [0.3, 0.4) is 0 Å². The van der Waals surface area contributed by atoms with Gasteiger partial charge in [-0.15, -0.1) is 0 Å². The second kappa shape index (κ2) is 7.33. The summed E-state index contributed by atoms with van der Waals surface area (Å²) < 4.78 is 43.5. The van der Waals surface area contributed by atoms with E-state index < -0.39 is 17.8 Å². The molecule has 0 spiro atoms. The van der Waals surface area contributed by atoms with Crippen molar-refractivity contribution in [2.45, 2.75) is 45.2 Å². The number of nitrogens with one attached hydrogen (secondary N) is 1. The maximum Gasteiger partial charge on any atom is 0.417 e. The van der Waals surface area contributed by atoms with Gasteiger partial charge >= 0.3 is 12.2 Å². The highest BCUT2D eigenvalue weighted by atomic mass is 19.4. The second-order valence-electron chi connectivity index (χ2n) is 7.61. The molecule has 0 saturated carbocycles. The molecule has 10 heteroatoms. The minimum absolute atomic E-state index is 0.253. The minimum Gasteiger partial charge on any atom is -0.359 e. The second-order valence-corrected chi connectivity index (χ2v) is 7.61. The minimum atomic E-state index is -4.46. The SMILES string of the molecule is CC(C)(C)c1cc(NC(=O)N2CCCCN2c2ccc(C(F)(F)F)cn2)no1. The van der Waals surface area contributed by atoms with Gasteiger partial charge in [-0.25, -0.2) is 14.8 Å². The fourth-order valence-electron chi connectivity index (χ4n) is 2.78. The zero-order valence-electron chi connectivity index (χ0n) is 15.9. The van der Waals surface area contributed by atoms with Gasteiger partial charge in [-0.05, 0) is 25.0 Å². The lowest BCUT2D eigenvalue weighted by molar-refractivity contribution is -0.137. The molecule has 0 atom stereocenters. The van der Waals surface area contributed by atoms with Gasteiger partial charge in [0.25, 0.3) is 0 Å². The van der Waals surface area contributed by atoms with Gasteiger partial charge in [-0.3, -0.25) is 10.3 Å². The molecule has 1 N–H and O–H groups in total. The molecule has 2 aromatic rings. The number of hydrogen-bond donors (Lipinski definition) is 1. The van der Waals surface area contributed by atoms with E-state index >= 15 is 0 Å². The number of carbonyl (C=O) groups is 1. The van der Waals surface area contributed by atoms with Gasteiger partial charge in [-0.2, -0.15) is 13.2 Å². The van der Waals surface area contributed by atoms with Crippen LogP contribution in [0, 0.1) is 0 Å². The summed E-state index contributed by atoms with van der Waals surface area (Å²) in [7, 11) is 0. The van der Waals surface area contributed by atoms with E-state index in [1.165, 1.54) is 11.1 Å². The number of rotatable bonds is 2. The van der Waals surface area contributed by atoms with Gasteiger partial charge in [0.1, 0.15) is 11.6 Å². The quantitative estimate of drug-likeness (QED) is 0.811. The van der Waals surface area contributed by atoms with E-state index in [1.807, 2.05) is 20.8 Å². The first-order chi connectivity index (χ1) is 13.1. The first-order valence-electron chi connectivity index (χ1n) is 8.92. The van der Waals surface area contributed by atoms with Crippen molar-refractivity contribution in [2.75, 3.05) is 23.4 Å². The summed E-state index contributed by atoms with van der Waals surface area (Å²) in [5, 5.41) is 9.53. The van der Waals surface area contributed by atoms with Crippen LogP contribution >= 0.6 is 0 Å².